The summed E-state index contributed by atoms with van der Waals surface area (Å²) < 4.78 is 46.6. The van der Waals surface area contributed by atoms with Crippen molar-refractivity contribution in [3.63, 3.8) is 0 Å². The summed E-state index contributed by atoms with van der Waals surface area (Å²) in [6.07, 6.45) is -4.62. The van der Waals surface area contributed by atoms with Crippen LogP contribution >= 0.6 is 0 Å². The molecule has 1 atom stereocenters. The molecule has 2 heterocycles. The van der Waals surface area contributed by atoms with Crippen LogP contribution in [-0.2, 0) is 35.1 Å². The van der Waals surface area contributed by atoms with Crippen molar-refractivity contribution in [3.05, 3.63) is 82.7 Å². The number of carboxylic acid groups (broad SMARTS) is 1. The van der Waals surface area contributed by atoms with E-state index in [2.05, 4.69) is 15.3 Å². The maximum atomic E-state index is 13.9. The van der Waals surface area contributed by atoms with Crippen molar-refractivity contribution in [2.75, 3.05) is 19.0 Å². The van der Waals surface area contributed by atoms with E-state index in [-0.39, 0.29) is 31.0 Å². The topological polar surface area (TPSA) is 105 Å². The lowest BCUT2D eigenvalue weighted by Crippen LogP contribution is -2.34. The molecule has 8 nitrogen and oxygen atoms in total. The molecule has 0 aliphatic carbocycles. The van der Waals surface area contributed by atoms with E-state index in [0.717, 1.165) is 22.9 Å². The van der Waals surface area contributed by atoms with E-state index in [0.29, 0.717) is 18.7 Å². The molecule has 194 valence electrons. The van der Waals surface area contributed by atoms with Gasteiger partial charge in [-0.25, -0.2) is 14.8 Å². The zero-order valence-corrected chi connectivity index (χ0v) is 20.0. The predicted molar refractivity (Wildman–Crippen MR) is 128 cm³/mol. The fourth-order valence-electron chi connectivity index (χ4n) is 4.36. The summed E-state index contributed by atoms with van der Waals surface area (Å²) >= 11 is 0. The average Bonchev–Trinajstić information content (AvgIpc) is 2.87. The number of carbonyl (C=O) groups excluding carboxylic acids is 1. The molecule has 11 heteroatoms. The highest BCUT2D eigenvalue weighted by molar-refractivity contribution is 5.70. The molecule has 1 unspecified atom stereocenters. The number of hydrogen-bond donors (Lipinski definition) is 2. The van der Waals surface area contributed by atoms with Crippen LogP contribution in [0, 0.1) is 0 Å². The molecular weight excluding hydrogens is 489 g/mol. The number of fused-ring (bicyclic) bond motifs is 1. The molecule has 2 N–H and O–H groups in total. The Bertz CT molecular complexity index is 1280. The number of nitrogens with zero attached hydrogens (tertiary/aromatic N) is 3. The van der Waals surface area contributed by atoms with Crippen LogP contribution in [0.1, 0.15) is 40.3 Å². The Kier molecular flexibility index (Phi) is 7.61. The number of ether oxygens (including phenoxy) is 1. The van der Waals surface area contributed by atoms with Gasteiger partial charge in [0, 0.05) is 30.9 Å². The fourth-order valence-corrected chi connectivity index (χ4v) is 4.36. The number of rotatable bonds is 7. The monoisotopic (exact) mass is 514 g/mol. The summed E-state index contributed by atoms with van der Waals surface area (Å²) in [7, 11) is 1.19. The number of carbonyl (C=O) groups is 2. The average molecular weight is 515 g/mol. The first-order valence-corrected chi connectivity index (χ1v) is 11.6. The smallest absolute Gasteiger partial charge is 0.419 e. The number of alkyl halides is 3. The lowest BCUT2D eigenvalue weighted by molar-refractivity contribution is -0.143. The zero-order chi connectivity index (χ0) is 26.6. The SMILES string of the molecule is COC(=O)CC(Cc1ccccc1)c1nc(Nc2ccc3c(c2)CCN(C(=O)O)C3)ncc1C(F)(F)F. The molecule has 0 bridgehead atoms. The van der Waals surface area contributed by atoms with Gasteiger partial charge in [-0.05, 0) is 41.7 Å². The predicted octanol–water partition coefficient (Wildman–Crippen LogP) is 5.16. The molecule has 4 rings (SSSR count). The molecule has 1 amide bonds. The van der Waals surface area contributed by atoms with E-state index >= 15 is 0 Å². The minimum Gasteiger partial charge on any atom is -0.469 e. The molecular formula is C26H25F3N4O4. The van der Waals surface area contributed by atoms with Crippen molar-refractivity contribution in [2.24, 2.45) is 0 Å². The van der Waals surface area contributed by atoms with Gasteiger partial charge >= 0.3 is 18.2 Å². The van der Waals surface area contributed by atoms with Gasteiger partial charge < -0.3 is 20.1 Å². The molecule has 1 aliphatic heterocycles. The molecule has 0 radical (unpaired) electrons. The number of halogens is 3. The van der Waals surface area contributed by atoms with Crippen LogP contribution in [-0.4, -0.2) is 45.7 Å². The lowest BCUT2D eigenvalue weighted by atomic mass is 9.90. The minimum absolute atomic E-state index is 0.0474. The number of benzene rings is 2. The molecule has 0 fully saturated rings. The second-order valence-electron chi connectivity index (χ2n) is 8.72. The Labute approximate surface area is 211 Å². The van der Waals surface area contributed by atoms with Crippen molar-refractivity contribution in [3.8, 4) is 0 Å². The molecule has 0 saturated carbocycles. The second-order valence-corrected chi connectivity index (χ2v) is 8.72. The summed E-state index contributed by atoms with van der Waals surface area (Å²) in [5.74, 6) is -1.60. The highest BCUT2D eigenvalue weighted by Gasteiger charge is 2.38. The fraction of sp³-hybridized carbons (Fsp3) is 0.308. The van der Waals surface area contributed by atoms with Gasteiger partial charge in [-0.15, -0.1) is 0 Å². The van der Waals surface area contributed by atoms with Crippen LogP contribution < -0.4 is 5.32 Å². The summed E-state index contributed by atoms with van der Waals surface area (Å²) in [6.45, 7) is 0.613. The van der Waals surface area contributed by atoms with E-state index in [4.69, 9.17) is 4.74 Å². The van der Waals surface area contributed by atoms with Crippen molar-refractivity contribution >= 4 is 23.7 Å². The molecule has 1 aliphatic rings. The van der Waals surface area contributed by atoms with E-state index < -0.39 is 29.7 Å². The first kappa shape index (κ1) is 25.9. The standard InChI is InChI=1S/C26H25F3N4O4/c1-37-22(34)13-19(11-16-5-3-2-4-6-16)23-21(26(27,28)29)14-30-24(32-23)31-20-8-7-18-15-33(25(35)36)10-9-17(18)12-20/h2-8,12,14,19H,9-11,13,15H2,1H3,(H,35,36)(H,30,31,32). The van der Waals surface area contributed by atoms with E-state index in [1.807, 2.05) is 6.07 Å². The number of anilines is 2. The van der Waals surface area contributed by atoms with Crippen LogP contribution in [0.5, 0.6) is 0 Å². The van der Waals surface area contributed by atoms with Crippen LogP contribution in [0.4, 0.5) is 29.6 Å². The van der Waals surface area contributed by atoms with Gasteiger partial charge in [-0.3, -0.25) is 4.79 Å². The van der Waals surface area contributed by atoms with Crippen molar-refractivity contribution in [2.45, 2.75) is 37.9 Å². The Balaban J connectivity index is 1.66. The normalized spacial score (nSPS) is 14.0. The number of nitrogens with one attached hydrogen (secondary N) is 1. The highest BCUT2D eigenvalue weighted by atomic mass is 19.4. The van der Waals surface area contributed by atoms with Crippen LogP contribution in [0.3, 0.4) is 0 Å². The van der Waals surface area contributed by atoms with Crippen LogP contribution in [0.2, 0.25) is 0 Å². The van der Waals surface area contributed by atoms with E-state index in [9.17, 15) is 27.9 Å². The second kappa shape index (κ2) is 10.9. The highest BCUT2D eigenvalue weighted by Crippen LogP contribution is 2.37. The molecule has 2 aromatic carbocycles. The Morgan fingerprint density at radius 1 is 1.16 bits per heavy atom. The number of esters is 1. The Morgan fingerprint density at radius 2 is 1.92 bits per heavy atom. The number of methoxy groups -OCH3 is 1. The molecule has 3 aromatic rings. The van der Waals surface area contributed by atoms with E-state index in [1.165, 1.54) is 12.0 Å². The summed E-state index contributed by atoms with van der Waals surface area (Å²) in [5.41, 5.74) is 1.79. The Hall–Kier alpha value is -4.15. The number of aromatic nitrogens is 2. The summed E-state index contributed by atoms with van der Waals surface area (Å²) in [5, 5.41) is 12.2. The molecule has 37 heavy (non-hydrogen) atoms. The lowest BCUT2D eigenvalue weighted by Gasteiger charge is -2.26. The minimum atomic E-state index is -4.72. The van der Waals surface area contributed by atoms with Crippen LogP contribution in [0.15, 0.2) is 54.7 Å². The third-order valence-electron chi connectivity index (χ3n) is 6.22. The van der Waals surface area contributed by atoms with Gasteiger partial charge in [0.2, 0.25) is 5.95 Å². The number of amides is 1. The summed E-state index contributed by atoms with van der Waals surface area (Å²) in [4.78, 5) is 32.8. The maximum Gasteiger partial charge on any atom is 0.419 e. The van der Waals surface area contributed by atoms with Crippen molar-refractivity contribution in [1.29, 1.82) is 0 Å². The van der Waals surface area contributed by atoms with Gasteiger partial charge in [-0.2, -0.15) is 13.2 Å². The third-order valence-corrected chi connectivity index (χ3v) is 6.22. The maximum absolute atomic E-state index is 13.9. The first-order chi connectivity index (χ1) is 17.6. The first-order valence-electron chi connectivity index (χ1n) is 11.6. The van der Waals surface area contributed by atoms with Crippen molar-refractivity contribution < 1.29 is 32.6 Å². The Morgan fingerprint density at radius 3 is 2.59 bits per heavy atom. The van der Waals surface area contributed by atoms with Gasteiger partial charge in [-0.1, -0.05) is 36.4 Å². The molecule has 0 saturated heterocycles. The van der Waals surface area contributed by atoms with Gasteiger partial charge in [0.25, 0.3) is 0 Å². The quantitative estimate of drug-likeness (QED) is 0.420. The third kappa shape index (κ3) is 6.35. The van der Waals surface area contributed by atoms with Crippen LogP contribution in [0.25, 0.3) is 0 Å². The number of hydrogen-bond acceptors (Lipinski definition) is 6. The van der Waals surface area contributed by atoms with Crippen molar-refractivity contribution in [1.82, 2.24) is 14.9 Å². The summed E-state index contributed by atoms with van der Waals surface area (Å²) in [6, 6.07) is 14.2. The van der Waals surface area contributed by atoms with E-state index in [1.54, 1.807) is 42.5 Å². The van der Waals surface area contributed by atoms with Gasteiger partial charge in [0.05, 0.1) is 24.8 Å². The molecule has 0 spiro atoms. The van der Waals surface area contributed by atoms with Gasteiger partial charge in [0.1, 0.15) is 0 Å². The van der Waals surface area contributed by atoms with Gasteiger partial charge in [0.15, 0.2) is 0 Å². The zero-order valence-electron chi connectivity index (χ0n) is 20.0. The largest absolute Gasteiger partial charge is 0.469 e. The molecule has 1 aromatic heterocycles.